The van der Waals surface area contributed by atoms with Gasteiger partial charge in [-0.3, -0.25) is 0 Å². The second kappa shape index (κ2) is 8.75. The Balaban J connectivity index is 0.00000289. The smallest absolute Gasteiger partial charge is 0.354 e. The topological polar surface area (TPSA) is 59.4 Å². The predicted octanol–water partition coefficient (Wildman–Crippen LogP) is 3.33. The summed E-state index contributed by atoms with van der Waals surface area (Å²) in [7, 11) is 0. The lowest BCUT2D eigenvalue weighted by molar-refractivity contribution is 0.0690. The van der Waals surface area contributed by atoms with Crippen LogP contribution in [-0.4, -0.2) is 22.7 Å². The lowest BCUT2D eigenvalue weighted by Crippen LogP contribution is -2.05. The Labute approximate surface area is 114 Å². The van der Waals surface area contributed by atoms with Crippen LogP contribution in [0.15, 0.2) is 12.3 Å². The van der Waals surface area contributed by atoms with Crippen LogP contribution in [0.25, 0.3) is 0 Å². The molecule has 0 saturated heterocycles. The monoisotopic (exact) mass is 273 g/mol. The average Bonchev–Trinajstić information content (AvgIpc) is 2.34. The average molecular weight is 274 g/mol. The van der Waals surface area contributed by atoms with E-state index >= 15 is 0 Å². The molecule has 0 aliphatic heterocycles. The zero-order chi connectivity index (χ0) is 12.7. The number of pyridine rings is 1. The van der Waals surface area contributed by atoms with Gasteiger partial charge < -0.3 is 9.84 Å². The number of unbranched alkanes of at least 4 members (excludes halogenated alkanes) is 1. The van der Waals surface area contributed by atoms with Gasteiger partial charge in [0.25, 0.3) is 0 Å². The van der Waals surface area contributed by atoms with Gasteiger partial charge in [0.15, 0.2) is 5.69 Å². The maximum absolute atomic E-state index is 10.8. The van der Waals surface area contributed by atoms with Crippen molar-refractivity contribution in [2.24, 2.45) is 0 Å². The molecule has 102 valence electrons. The number of rotatable bonds is 7. The van der Waals surface area contributed by atoms with E-state index in [1.807, 2.05) is 6.92 Å². The van der Waals surface area contributed by atoms with E-state index in [0.717, 1.165) is 31.2 Å². The Bertz CT molecular complexity index is 382. The SMILES string of the molecule is CCCCc1cnc(C(=O)O)cc1OCCC.Cl. The molecular formula is C13H20ClNO3. The van der Waals surface area contributed by atoms with Gasteiger partial charge in [-0.1, -0.05) is 20.3 Å². The molecule has 1 heterocycles. The molecule has 5 heteroatoms. The highest BCUT2D eigenvalue weighted by molar-refractivity contribution is 5.86. The summed E-state index contributed by atoms with van der Waals surface area (Å²) >= 11 is 0. The van der Waals surface area contributed by atoms with Crippen molar-refractivity contribution in [3.63, 3.8) is 0 Å². The summed E-state index contributed by atoms with van der Waals surface area (Å²) in [4.78, 5) is 14.8. The highest BCUT2D eigenvalue weighted by atomic mass is 35.5. The Morgan fingerprint density at radius 3 is 2.67 bits per heavy atom. The second-order valence-corrected chi connectivity index (χ2v) is 3.93. The highest BCUT2D eigenvalue weighted by Gasteiger charge is 2.10. The Morgan fingerprint density at radius 1 is 1.39 bits per heavy atom. The molecule has 0 unspecified atom stereocenters. The summed E-state index contributed by atoms with van der Waals surface area (Å²) in [5, 5.41) is 8.88. The van der Waals surface area contributed by atoms with Gasteiger partial charge in [-0.05, 0) is 19.3 Å². The van der Waals surface area contributed by atoms with Crippen molar-refractivity contribution in [3.8, 4) is 5.75 Å². The normalized spacial score (nSPS) is 9.67. The lowest BCUT2D eigenvalue weighted by atomic mass is 10.1. The molecule has 0 radical (unpaired) electrons. The van der Waals surface area contributed by atoms with Crippen molar-refractivity contribution in [2.75, 3.05) is 6.61 Å². The number of halogens is 1. The minimum atomic E-state index is -1.02. The number of aryl methyl sites for hydroxylation is 1. The Morgan fingerprint density at radius 2 is 2.11 bits per heavy atom. The molecule has 18 heavy (non-hydrogen) atoms. The first-order valence-corrected chi connectivity index (χ1v) is 6.04. The van der Waals surface area contributed by atoms with E-state index in [-0.39, 0.29) is 18.1 Å². The maximum atomic E-state index is 10.8. The third-order valence-corrected chi connectivity index (χ3v) is 2.42. The van der Waals surface area contributed by atoms with Crippen molar-refractivity contribution < 1.29 is 14.6 Å². The summed E-state index contributed by atoms with van der Waals surface area (Å²) in [5.74, 6) is -0.360. The second-order valence-electron chi connectivity index (χ2n) is 3.93. The summed E-state index contributed by atoms with van der Waals surface area (Å²) < 4.78 is 5.57. The first-order valence-electron chi connectivity index (χ1n) is 6.04. The number of aromatic nitrogens is 1. The van der Waals surface area contributed by atoms with Crippen LogP contribution < -0.4 is 4.74 Å². The minimum absolute atomic E-state index is 0. The van der Waals surface area contributed by atoms with Gasteiger partial charge in [0, 0.05) is 17.8 Å². The molecule has 1 N–H and O–H groups in total. The predicted molar refractivity (Wildman–Crippen MR) is 72.8 cm³/mol. The van der Waals surface area contributed by atoms with E-state index < -0.39 is 5.97 Å². The Hall–Kier alpha value is -1.29. The van der Waals surface area contributed by atoms with Gasteiger partial charge in [0.2, 0.25) is 0 Å². The van der Waals surface area contributed by atoms with Gasteiger partial charge in [0.1, 0.15) is 5.75 Å². The summed E-state index contributed by atoms with van der Waals surface area (Å²) in [6, 6.07) is 1.52. The standard InChI is InChI=1S/C13H19NO3.ClH/c1-3-5-6-10-9-14-11(13(15)16)8-12(10)17-7-4-2;/h8-9H,3-7H2,1-2H3,(H,15,16);1H. The molecule has 0 spiro atoms. The van der Waals surface area contributed by atoms with Crippen LogP contribution >= 0.6 is 12.4 Å². The molecule has 0 fully saturated rings. The zero-order valence-corrected chi connectivity index (χ0v) is 11.6. The van der Waals surface area contributed by atoms with Crippen molar-refractivity contribution >= 4 is 18.4 Å². The molecule has 0 aliphatic carbocycles. The Kier molecular flexibility index (Phi) is 8.12. The van der Waals surface area contributed by atoms with Crippen LogP contribution in [0.2, 0.25) is 0 Å². The molecule has 0 aliphatic rings. The van der Waals surface area contributed by atoms with Crippen LogP contribution in [0.5, 0.6) is 5.75 Å². The molecule has 1 aromatic rings. The minimum Gasteiger partial charge on any atom is -0.493 e. The van der Waals surface area contributed by atoms with Gasteiger partial charge in [-0.15, -0.1) is 12.4 Å². The summed E-state index contributed by atoms with van der Waals surface area (Å²) in [5.41, 5.74) is 1.03. The molecule has 4 nitrogen and oxygen atoms in total. The summed E-state index contributed by atoms with van der Waals surface area (Å²) in [6.45, 7) is 4.73. The molecule has 0 amide bonds. The molecular weight excluding hydrogens is 254 g/mol. The number of carboxylic acids is 1. The number of aromatic carboxylic acids is 1. The summed E-state index contributed by atoms with van der Waals surface area (Å²) in [6.07, 6.45) is 5.54. The third-order valence-electron chi connectivity index (χ3n) is 2.42. The van der Waals surface area contributed by atoms with Crippen LogP contribution in [0, 0.1) is 0 Å². The van der Waals surface area contributed by atoms with E-state index in [9.17, 15) is 4.79 Å². The number of hydrogen-bond acceptors (Lipinski definition) is 3. The number of carbonyl (C=O) groups is 1. The van der Waals surface area contributed by atoms with Crippen molar-refractivity contribution in [3.05, 3.63) is 23.5 Å². The first kappa shape index (κ1) is 16.7. The molecule has 1 aromatic heterocycles. The number of carboxylic acid groups (broad SMARTS) is 1. The van der Waals surface area contributed by atoms with E-state index in [4.69, 9.17) is 9.84 Å². The number of hydrogen-bond donors (Lipinski definition) is 1. The molecule has 0 saturated carbocycles. The van der Waals surface area contributed by atoms with E-state index in [0.29, 0.717) is 12.4 Å². The highest BCUT2D eigenvalue weighted by Crippen LogP contribution is 2.21. The number of nitrogens with zero attached hydrogens (tertiary/aromatic N) is 1. The van der Waals surface area contributed by atoms with Gasteiger partial charge in [-0.2, -0.15) is 0 Å². The largest absolute Gasteiger partial charge is 0.493 e. The fourth-order valence-corrected chi connectivity index (χ4v) is 1.48. The first-order chi connectivity index (χ1) is 8.19. The van der Waals surface area contributed by atoms with Crippen LogP contribution in [0.4, 0.5) is 0 Å². The van der Waals surface area contributed by atoms with Crippen LogP contribution in [-0.2, 0) is 6.42 Å². The van der Waals surface area contributed by atoms with Crippen molar-refractivity contribution in [1.82, 2.24) is 4.98 Å². The molecule has 0 atom stereocenters. The zero-order valence-electron chi connectivity index (χ0n) is 10.8. The van der Waals surface area contributed by atoms with E-state index in [2.05, 4.69) is 11.9 Å². The molecule has 0 aromatic carbocycles. The van der Waals surface area contributed by atoms with Crippen molar-refractivity contribution in [1.29, 1.82) is 0 Å². The van der Waals surface area contributed by atoms with E-state index in [1.54, 1.807) is 6.20 Å². The molecule has 1 rings (SSSR count). The van der Waals surface area contributed by atoms with Crippen LogP contribution in [0.1, 0.15) is 49.2 Å². The molecule has 0 bridgehead atoms. The quantitative estimate of drug-likeness (QED) is 0.828. The lowest BCUT2D eigenvalue weighted by Gasteiger charge is -2.10. The van der Waals surface area contributed by atoms with Gasteiger partial charge in [-0.25, -0.2) is 9.78 Å². The third kappa shape index (κ3) is 4.92. The van der Waals surface area contributed by atoms with Crippen molar-refractivity contribution in [2.45, 2.75) is 39.5 Å². The van der Waals surface area contributed by atoms with Gasteiger partial charge >= 0.3 is 5.97 Å². The number of ether oxygens (including phenoxy) is 1. The van der Waals surface area contributed by atoms with E-state index in [1.165, 1.54) is 6.07 Å². The fourth-order valence-electron chi connectivity index (χ4n) is 1.48. The maximum Gasteiger partial charge on any atom is 0.354 e. The van der Waals surface area contributed by atoms with Gasteiger partial charge in [0.05, 0.1) is 6.61 Å². The van der Waals surface area contributed by atoms with Crippen LogP contribution in [0.3, 0.4) is 0 Å². The fraction of sp³-hybridized carbons (Fsp3) is 0.538.